The van der Waals surface area contributed by atoms with Crippen LogP contribution in [0.1, 0.15) is 27.2 Å². The van der Waals surface area contributed by atoms with Crippen LogP contribution in [-0.4, -0.2) is 55.0 Å². The lowest BCUT2D eigenvalue weighted by Gasteiger charge is -2.40. The van der Waals surface area contributed by atoms with Crippen molar-refractivity contribution >= 4 is 5.91 Å². The van der Waals surface area contributed by atoms with Crippen LogP contribution < -0.4 is 5.73 Å². The van der Waals surface area contributed by atoms with E-state index in [0.717, 1.165) is 19.6 Å². The van der Waals surface area contributed by atoms with Crippen LogP contribution >= 0.6 is 0 Å². The number of hydrogen-bond acceptors (Lipinski definition) is 3. The predicted molar refractivity (Wildman–Crippen MR) is 66.1 cm³/mol. The van der Waals surface area contributed by atoms with E-state index in [1.807, 2.05) is 4.90 Å². The number of rotatable bonds is 2. The SMILES string of the molecule is CN1CCN(C(=O)CC(C)(C)C)C(CN)C1. The first-order valence-corrected chi connectivity index (χ1v) is 6.01. The predicted octanol–water partition coefficient (Wildman–Crippen LogP) is 0.524. The van der Waals surface area contributed by atoms with Crippen molar-refractivity contribution in [2.24, 2.45) is 11.1 Å². The van der Waals surface area contributed by atoms with Crippen LogP contribution in [0, 0.1) is 5.41 Å². The average molecular weight is 227 g/mol. The molecule has 1 unspecified atom stereocenters. The van der Waals surface area contributed by atoms with Gasteiger partial charge in [-0.05, 0) is 12.5 Å². The van der Waals surface area contributed by atoms with Crippen LogP contribution in [0.2, 0.25) is 0 Å². The fraction of sp³-hybridized carbons (Fsp3) is 0.917. The summed E-state index contributed by atoms with van der Waals surface area (Å²) in [7, 11) is 2.08. The monoisotopic (exact) mass is 227 g/mol. The number of carbonyl (C=O) groups is 1. The molecule has 1 atom stereocenters. The van der Waals surface area contributed by atoms with Gasteiger partial charge in [0.05, 0.1) is 6.04 Å². The molecule has 0 aromatic heterocycles. The molecule has 0 aliphatic carbocycles. The quantitative estimate of drug-likeness (QED) is 0.748. The van der Waals surface area contributed by atoms with E-state index >= 15 is 0 Å². The lowest BCUT2D eigenvalue weighted by molar-refractivity contribution is -0.137. The Kier molecular flexibility index (Phi) is 4.33. The maximum Gasteiger partial charge on any atom is 0.223 e. The normalized spacial score (nSPS) is 23.6. The first-order valence-electron chi connectivity index (χ1n) is 6.01. The number of amides is 1. The topological polar surface area (TPSA) is 49.6 Å². The fourth-order valence-electron chi connectivity index (χ4n) is 2.10. The average Bonchev–Trinajstić information content (AvgIpc) is 2.14. The summed E-state index contributed by atoms with van der Waals surface area (Å²) in [6.07, 6.45) is 0.604. The zero-order valence-electron chi connectivity index (χ0n) is 11.0. The molecule has 2 N–H and O–H groups in total. The van der Waals surface area contributed by atoms with Crippen LogP contribution in [-0.2, 0) is 4.79 Å². The largest absolute Gasteiger partial charge is 0.336 e. The van der Waals surface area contributed by atoms with Crippen molar-refractivity contribution in [3.63, 3.8) is 0 Å². The van der Waals surface area contributed by atoms with Crippen LogP contribution in [0.15, 0.2) is 0 Å². The van der Waals surface area contributed by atoms with Crippen molar-refractivity contribution in [1.82, 2.24) is 9.80 Å². The van der Waals surface area contributed by atoms with Gasteiger partial charge in [-0.25, -0.2) is 0 Å². The summed E-state index contributed by atoms with van der Waals surface area (Å²) < 4.78 is 0. The molecule has 0 aromatic rings. The Morgan fingerprint density at radius 3 is 2.50 bits per heavy atom. The Balaban J connectivity index is 2.60. The summed E-state index contributed by atoms with van der Waals surface area (Å²) >= 11 is 0. The zero-order chi connectivity index (χ0) is 12.3. The molecule has 1 aliphatic heterocycles. The molecule has 94 valence electrons. The minimum atomic E-state index is 0.0551. The Morgan fingerprint density at radius 2 is 2.00 bits per heavy atom. The van der Waals surface area contributed by atoms with Crippen LogP contribution in [0.25, 0.3) is 0 Å². The first-order chi connectivity index (χ1) is 7.33. The van der Waals surface area contributed by atoms with Gasteiger partial charge in [0.1, 0.15) is 0 Å². The van der Waals surface area contributed by atoms with Gasteiger partial charge in [-0.3, -0.25) is 4.79 Å². The minimum absolute atomic E-state index is 0.0551. The smallest absolute Gasteiger partial charge is 0.223 e. The van der Waals surface area contributed by atoms with E-state index < -0.39 is 0 Å². The number of carbonyl (C=O) groups excluding carboxylic acids is 1. The molecule has 1 heterocycles. The van der Waals surface area contributed by atoms with Crippen molar-refractivity contribution in [3.8, 4) is 0 Å². The van der Waals surface area contributed by atoms with E-state index in [1.165, 1.54) is 0 Å². The third-order valence-electron chi connectivity index (χ3n) is 2.96. The van der Waals surface area contributed by atoms with Crippen molar-refractivity contribution in [2.75, 3.05) is 33.2 Å². The summed E-state index contributed by atoms with van der Waals surface area (Å²) in [6, 6.07) is 0.189. The summed E-state index contributed by atoms with van der Waals surface area (Å²) in [5, 5.41) is 0. The standard InChI is InChI=1S/C12H25N3O/c1-12(2,3)7-11(16)15-6-5-14(4)9-10(15)8-13/h10H,5-9,13H2,1-4H3. The number of likely N-dealkylation sites (N-methyl/N-ethyl adjacent to an activating group) is 1. The van der Waals surface area contributed by atoms with Gasteiger partial charge in [0, 0.05) is 32.6 Å². The zero-order valence-corrected chi connectivity index (χ0v) is 11.0. The van der Waals surface area contributed by atoms with Crippen LogP contribution in [0.5, 0.6) is 0 Å². The number of nitrogens with two attached hydrogens (primary N) is 1. The Bertz CT molecular complexity index is 247. The van der Waals surface area contributed by atoms with Gasteiger partial charge in [-0.15, -0.1) is 0 Å². The van der Waals surface area contributed by atoms with Crippen LogP contribution in [0.3, 0.4) is 0 Å². The second kappa shape index (κ2) is 5.15. The van der Waals surface area contributed by atoms with E-state index in [4.69, 9.17) is 5.73 Å². The Morgan fingerprint density at radius 1 is 1.38 bits per heavy atom. The molecule has 1 amide bonds. The van der Waals surface area contributed by atoms with E-state index in [-0.39, 0.29) is 17.4 Å². The number of nitrogens with zero attached hydrogens (tertiary/aromatic N) is 2. The lowest BCUT2D eigenvalue weighted by atomic mass is 9.91. The molecule has 4 heteroatoms. The molecular weight excluding hydrogens is 202 g/mol. The first kappa shape index (κ1) is 13.5. The summed E-state index contributed by atoms with van der Waals surface area (Å²) in [6.45, 7) is 9.50. The minimum Gasteiger partial charge on any atom is -0.336 e. The van der Waals surface area contributed by atoms with Crippen molar-refractivity contribution in [1.29, 1.82) is 0 Å². The number of hydrogen-bond donors (Lipinski definition) is 1. The van der Waals surface area contributed by atoms with Crippen LogP contribution in [0.4, 0.5) is 0 Å². The van der Waals surface area contributed by atoms with E-state index in [0.29, 0.717) is 13.0 Å². The molecule has 16 heavy (non-hydrogen) atoms. The molecule has 1 rings (SSSR count). The highest BCUT2D eigenvalue weighted by atomic mass is 16.2. The molecule has 1 saturated heterocycles. The van der Waals surface area contributed by atoms with Crippen molar-refractivity contribution in [2.45, 2.75) is 33.2 Å². The van der Waals surface area contributed by atoms with Gasteiger partial charge in [0.2, 0.25) is 5.91 Å². The maximum absolute atomic E-state index is 12.1. The molecule has 4 nitrogen and oxygen atoms in total. The fourth-order valence-corrected chi connectivity index (χ4v) is 2.10. The molecule has 0 radical (unpaired) electrons. The molecule has 0 aromatic carbocycles. The summed E-state index contributed by atoms with van der Waals surface area (Å²) in [4.78, 5) is 16.3. The second-order valence-corrected chi connectivity index (χ2v) is 5.98. The lowest BCUT2D eigenvalue weighted by Crippen LogP contribution is -2.57. The van der Waals surface area contributed by atoms with Gasteiger partial charge in [-0.1, -0.05) is 20.8 Å². The number of piperazine rings is 1. The molecule has 0 bridgehead atoms. The van der Waals surface area contributed by atoms with E-state index in [1.54, 1.807) is 0 Å². The highest BCUT2D eigenvalue weighted by Gasteiger charge is 2.29. The molecule has 0 spiro atoms. The summed E-state index contributed by atoms with van der Waals surface area (Å²) in [5.41, 5.74) is 5.79. The molecule has 1 fully saturated rings. The Hall–Kier alpha value is -0.610. The van der Waals surface area contributed by atoms with Gasteiger partial charge in [-0.2, -0.15) is 0 Å². The molecule has 0 saturated carbocycles. The van der Waals surface area contributed by atoms with E-state index in [2.05, 4.69) is 32.7 Å². The Labute approximate surface area is 98.8 Å². The van der Waals surface area contributed by atoms with Gasteiger partial charge in [0.25, 0.3) is 0 Å². The summed E-state index contributed by atoms with van der Waals surface area (Å²) in [5.74, 6) is 0.246. The molecular formula is C12H25N3O. The van der Waals surface area contributed by atoms with Gasteiger partial charge >= 0.3 is 0 Å². The highest BCUT2D eigenvalue weighted by Crippen LogP contribution is 2.21. The van der Waals surface area contributed by atoms with Crippen molar-refractivity contribution < 1.29 is 4.79 Å². The van der Waals surface area contributed by atoms with Gasteiger partial charge in [0.15, 0.2) is 0 Å². The molecule has 1 aliphatic rings. The third kappa shape index (κ3) is 3.76. The maximum atomic E-state index is 12.1. The third-order valence-corrected chi connectivity index (χ3v) is 2.96. The van der Waals surface area contributed by atoms with E-state index in [9.17, 15) is 4.79 Å². The van der Waals surface area contributed by atoms with Crippen molar-refractivity contribution in [3.05, 3.63) is 0 Å². The highest BCUT2D eigenvalue weighted by molar-refractivity contribution is 5.77. The van der Waals surface area contributed by atoms with Gasteiger partial charge < -0.3 is 15.5 Å². The second-order valence-electron chi connectivity index (χ2n) is 5.98.